The van der Waals surface area contributed by atoms with E-state index in [1.54, 1.807) is 11.3 Å². The van der Waals surface area contributed by atoms with Crippen LogP contribution in [-0.4, -0.2) is 15.0 Å². The summed E-state index contributed by atoms with van der Waals surface area (Å²) in [5.41, 5.74) is 13.5. The minimum atomic E-state index is -0.152. The predicted octanol–water partition coefficient (Wildman–Crippen LogP) is 15.0. The molecule has 1 aliphatic rings. The maximum Gasteiger partial charge on any atom is 0.164 e. The Kier molecular flexibility index (Phi) is 6.88. The number of rotatable bonds is 4. The van der Waals surface area contributed by atoms with Crippen molar-refractivity contribution in [2.24, 2.45) is 0 Å². The third-order valence-corrected chi connectivity index (χ3v) is 13.7. The molecule has 0 N–H and O–H groups in total. The molecule has 0 fully saturated rings. The van der Waals surface area contributed by atoms with Crippen molar-refractivity contribution < 1.29 is 8.83 Å². The summed E-state index contributed by atoms with van der Waals surface area (Å²) in [6.45, 7) is 4.68. The molecule has 0 radical (unpaired) electrons. The topological polar surface area (TPSA) is 65.0 Å². The smallest absolute Gasteiger partial charge is 0.164 e. The van der Waals surface area contributed by atoms with E-state index in [4.69, 9.17) is 23.8 Å². The van der Waals surface area contributed by atoms with Crippen LogP contribution in [0.2, 0.25) is 0 Å². The van der Waals surface area contributed by atoms with Crippen molar-refractivity contribution in [1.82, 2.24) is 15.0 Å². The van der Waals surface area contributed by atoms with E-state index in [0.29, 0.717) is 17.5 Å². The number of furan rings is 2. The highest BCUT2D eigenvalue weighted by Crippen LogP contribution is 2.52. The molecular weight excluding hydrogens is 755 g/mol. The van der Waals surface area contributed by atoms with Gasteiger partial charge in [-0.2, -0.15) is 0 Å². The highest BCUT2D eigenvalue weighted by atomic mass is 32.1. The average Bonchev–Trinajstić information content (AvgIpc) is 4.04. The second kappa shape index (κ2) is 12.3. The normalized spacial score (nSPS) is 13.3. The molecule has 0 unspecified atom stereocenters. The molecule has 8 aromatic carbocycles. The monoisotopic (exact) mass is 787 g/mol. The Labute approximate surface area is 348 Å². The number of fused-ring (bicyclic) bond motifs is 12. The van der Waals surface area contributed by atoms with Gasteiger partial charge in [0, 0.05) is 63.8 Å². The van der Waals surface area contributed by atoms with Gasteiger partial charge in [0.25, 0.3) is 0 Å². The Morgan fingerprint density at radius 3 is 1.90 bits per heavy atom. The number of thiophene rings is 1. The summed E-state index contributed by atoms with van der Waals surface area (Å²) in [5.74, 6) is 1.76. The summed E-state index contributed by atoms with van der Waals surface area (Å²) in [4.78, 5) is 15.9. The first-order chi connectivity index (χ1) is 29.5. The lowest BCUT2D eigenvalue weighted by molar-refractivity contribution is 0.662. The lowest BCUT2D eigenvalue weighted by Gasteiger charge is -2.24. The van der Waals surface area contributed by atoms with Crippen molar-refractivity contribution in [2.45, 2.75) is 19.3 Å². The summed E-state index contributed by atoms with van der Waals surface area (Å²) < 4.78 is 15.4. The third kappa shape index (κ3) is 4.76. The molecule has 0 atom stereocenters. The second-order valence-corrected chi connectivity index (χ2v) is 17.4. The Morgan fingerprint density at radius 1 is 0.400 bits per heavy atom. The van der Waals surface area contributed by atoms with Gasteiger partial charge < -0.3 is 8.83 Å². The molecule has 0 bridgehead atoms. The van der Waals surface area contributed by atoms with Gasteiger partial charge in [0.05, 0.1) is 0 Å². The molecule has 0 aliphatic heterocycles. The van der Waals surface area contributed by atoms with Crippen LogP contribution in [0.25, 0.3) is 120 Å². The zero-order chi connectivity index (χ0) is 39.7. The summed E-state index contributed by atoms with van der Waals surface area (Å²) in [5, 5.41) is 6.46. The number of hydrogen-bond donors (Lipinski definition) is 0. The number of benzene rings is 8. The minimum Gasteiger partial charge on any atom is -0.456 e. The van der Waals surface area contributed by atoms with Crippen LogP contribution in [0, 0.1) is 0 Å². The van der Waals surface area contributed by atoms with Crippen LogP contribution in [-0.2, 0) is 5.41 Å². The largest absolute Gasteiger partial charge is 0.456 e. The molecule has 0 amide bonds. The van der Waals surface area contributed by atoms with Crippen LogP contribution in [0.3, 0.4) is 0 Å². The Balaban J connectivity index is 1.05. The Hall–Kier alpha value is -7.41. The van der Waals surface area contributed by atoms with Crippen LogP contribution >= 0.6 is 11.3 Å². The second-order valence-electron chi connectivity index (χ2n) is 16.3. The molecule has 4 heterocycles. The first-order valence-electron chi connectivity index (χ1n) is 20.3. The van der Waals surface area contributed by atoms with E-state index < -0.39 is 0 Å². The quantitative estimate of drug-likeness (QED) is 0.178. The van der Waals surface area contributed by atoms with Crippen molar-refractivity contribution in [3.05, 3.63) is 175 Å². The molecule has 1 aliphatic carbocycles. The van der Waals surface area contributed by atoms with Gasteiger partial charge in [0.2, 0.25) is 0 Å². The number of para-hydroxylation sites is 1. The zero-order valence-corrected chi connectivity index (χ0v) is 33.5. The van der Waals surface area contributed by atoms with E-state index in [0.717, 1.165) is 71.5 Å². The first-order valence-corrected chi connectivity index (χ1v) is 21.1. The summed E-state index contributed by atoms with van der Waals surface area (Å²) in [6, 6.07) is 57.6. The highest BCUT2D eigenvalue weighted by Gasteiger charge is 2.37. The molecular formula is C54H33N3O2S. The SMILES string of the molecule is CC1(C)c2ccccc2-c2cccc(-c3ccc4oc5cccc(-c6nc(-c7ccc8c(c7)oc7ccccc78)nc(-c7cccc8sc9ccccc9c78)n6)c5c4c3)c21. The van der Waals surface area contributed by atoms with Gasteiger partial charge in [-0.15, -0.1) is 11.3 Å². The van der Waals surface area contributed by atoms with Gasteiger partial charge in [-0.3, -0.25) is 0 Å². The fraction of sp³-hybridized carbons (Fsp3) is 0.0556. The lowest BCUT2D eigenvalue weighted by Crippen LogP contribution is -2.16. The molecule has 0 saturated carbocycles. The highest BCUT2D eigenvalue weighted by molar-refractivity contribution is 7.25. The Bertz CT molecular complexity index is 3770. The molecule has 0 saturated heterocycles. The third-order valence-electron chi connectivity index (χ3n) is 12.5. The fourth-order valence-corrected chi connectivity index (χ4v) is 11.0. The van der Waals surface area contributed by atoms with E-state index in [2.05, 4.69) is 147 Å². The van der Waals surface area contributed by atoms with Crippen molar-refractivity contribution >= 4 is 75.4 Å². The van der Waals surface area contributed by atoms with Crippen molar-refractivity contribution in [1.29, 1.82) is 0 Å². The van der Waals surface area contributed by atoms with Gasteiger partial charge in [-0.1, -0.05) is 129 Å². The van der Waals surface area contributed by atoms with Gasteiger partial charge in [-0.25, -0.2) is 15.0 Å². The summed E-state index contributed by atoms with van der Waals surface area (Å²) in [6.07, 6.45) is 0. The van der Waals surface area contributed by atoms with Crippen LogP contribution in [0.4, 0.5) is 0 Å². The molecule has 4 aromatic heterocycles. The van der Waals surface area contributed by atoms with Crippen LogP contribution in [0.1, 0.15) is 25.0 Å². The molecule has 60 heavy (non-hydrogen) atoms. The number of aromatic nitrogens is 3. The molecule has 13 rings (SSSR count). The van der Waals surface area contributed by atoms with E-state index >= 15 is 0 Å². The van der Waals surface area contributed by atoms with Crippen LogP contribution in [0.5, 0.6) is 0 Å². The summed E-state index contributed by atoms with van der Waals surface area (Å²) in [7, 11) is 0. The molecule has 12 aromatic rings. The zero-order valence-electron chi connectivity index (χ0n) is 32.7. The fourth-order valence-electron chi connectivity index (χ4n) is 9.84. The van der Waals surface area contributed by atoms with Crippen molar-refractivity contribution in [3.63, 3.8) is 0 Å². The Morgan fingerprint density at radius 2 is 1.00 bits per heavy atom. The van der Waals surface area contributed by atoms with E-state index in [1.807, 2.05) is 30.3 Å². The van der Waals surface area contributed by atoms with E-state index in [-0.39, 0.29) is 5.41 Å². The molecule has 282 valence electrons. The van der Waals surface area contributed by atoms with Gasteiger partial charge in [-0.05, 0) is 81.9 Å². The number of hydrogen-bond acceptors (Lipinski definition) is 6. The number of nitrogens with zero attached hydrogens (tertiary/aromatic N) is 3. The maximum atomic E-state index is 6.61. The first kappa shape index (κ1) is 33.6. The van der Waals surface area contributed by atoms with Crippen molar-refractivity contribution in [3.8, 4) is 56.4 Å². The van der Waals surface area contributed by atoms with Crippen LogP contribution in [0.15, 0.2) is 173 Å². The molecule has 0 spiro atoms. The standard InChI is InChI=1S/C54H33N3O2S/c1-54(2)41-19-6-3-12-33(41)36-16-9-15-32(50(36)54)30-25-27-43-40(28-30)48-38(17-10-21-44(48)58-43)52-55-51(31-24-26-35-34-13-4-7-20-42(34)59-45(35)29-31)56-53(57-52)39-18-11-23-47-49(39)37-14-5-8-22-46(37)60-47/h3-29H,1-2H3. The summed E-state index contributed by atoms with van der Waals surface area (Å²) >= 11 is 1.79. The van der Waals surface area contributed by atoms with Gasteiger partial charge in [0.1, 0.15) is 22.3 Å². The van der Waals surface area contributed by atoms with Crippen molar-refractivity contribution in [2.75, 3.05) is 0 Å². The van der Waals surface area contributed by atoms with Gasteiger partial charge >= 0.3 is 0 Å². The minimum absolute atomic E-state index is 0.152. The predicted molar refractivity (Wildman–Crippen MR) is 247 cm³/mol. The van der Waals surface area contributed by atoms with E-state index in [1.165, 1.54) is 42.6 Å². The molecule has 6 heteroatoms. The van der Waals surface area contributed by atoms with Crippen LogP contribution < -0.4 is 0 Å². The average molecular weight is 788 g/mol. The maximum absolute atomic E-state index is 6.61. The van der Waals surface area contributed by atoms with E-state index in [9.17, 15) is 0 Å². The molecule has 5 nitrogen and oxygen atoms in total. The lowest BCUT2D eigenvalue weighted by atomic mass is 9.79. The van der Waals surface area contributed by atoms with Gasteiger partial charge in [0.15, 0.2) is 17.5 Å².